The highest BCUT2D eigenvalue weighted by atomic mass is 16.6. The number of hydrogen-bond acceptors (Lipinski definition) is 9. The summed E-state index contributed by atoms with van der Waals surface area (Å²) in [5.41, 5.74) is -0.551. The highest BCUT2D eigenvalue weighted by Crippen LogP contribution is 2.54. The van der Waals surface area contributed by atoms with E-state index in [2.05, 4.69) is 38.3 Å². The molecular weight excluding hydrogens is 620 g/mol. The first-order valence-corrected chi connectivity index (χ1v) is 20.2. The lowest BCUT2D eigenvalue weighted by Crippen LogP contribution is -2.57. The summed E-state index contributed by atoms with van der Waals surface area (Å²) < 4.78 is 31.2. The third-order valence-electron chi connectivity index (χ3n) is 11.7. The minimum absolute atomic E-state index is 0.0847. The Kier molecular flexibility index (Phi) is 16.1. The van der Waals surface area contributed by atoms with E-state index in [9.17, 15) is 10.2 Å². The fourth-order valence-electron chi connectivity index (χ4n) is 9.58. The molecule has 2 aliphatic heterocycles. The number of aliphatic hydroxyl groups excluding tert-OH is 2. The minimum Gasteiger partial charge on any atom is -0.381 e. The van der Waals surface area contributed by atoms with Crippen LogP contribution in [0.2, 0.25) is 0 Å². The van der Waals surface area contributed by atoms with Gasteiger partial charge in [-0.2, -0.15) is 0 Å². The van der Waals surface area contributed by atoms with Crippen molar-refractivity contribution in [1.29, 1.82) is 0 Å². The molecule has 10 unspecified atom stereocenters. The van der Waals surface area contributed by atoms with Gasteiger partial charge in [-0.15, -0.1) is 0 Å². The van der Waals surface area contributed by atoms with Crippen LogP contribution in [-0.4, -0.2) is 90.9 Å². The smallest absolute Gasteiger partial charge is 0.214 e. The van der Waals surface area contributed by atoms with Crippen LogP contribution in [0.3, 0.4) is 0 Å². The zero-order valence-electron chi connectivity index (χ0n) is 32.6. The van der Waals surface area contributed by atoms with E-state index < -0.39 is 12.6 Å². The predicted molar refractivity (Wildman–Crippen MR) is 195 cm³/mol. The summed E-state index contributed by atoms with van der Waals surface area (Å²) in [7, 11) is 1.86. The van der Waals surface area contributed by atoms with Crippen molar-refractivity contribution in [2.75, 3.05) is 26.8 Å². The number of nitrogens with one attached hydrogen (secondary N) is 2. The Morgan fingerprint density at radius 2 is 1.22 bits per heavy atom. The van der Waals surface area contributed by atoms with E-state index in [1.165, 1.54) is 12.8 Å². The number of fused-ring (bicyclic) bond motifs is 2. The first-order chi connectivity index (χ1) is 23.1. The van der Waals surface area contributed by atoms with Gasteiger partial charge >= 0.3 is 0 Å². The second kappa shape index (κ2) is 19.1. The molecule has 0 bridgehead atoms. The number of ether oxygens (including phenoxy) is 5. The van der Waals surface area contributed by atoms with Gasteiger partial charge in [0.25, 0.3) is 0 Å². The van der Waals surface area contributed by atoms with Gasteiger partial charge in [0, 0.05) is 26.6 Å². The molecule has 0 aromatic heterocycles. The molecule has 2 heterocycles. The molecule has 4 fully saturated rings. The van der Waals surface area contributed by atoms with Crippen molar-refractivity contribution in [3.05, 3.63) is 0 Å². The average molecular weight is 697 g/mol. The van der Waals surface area contributed by atoms with Crippen molar-refractivity contribution >= 4 is 0 Å². The van der Waals surface area contributed by atoms with E-state index in [-0.39, 0.29) is 29.0 Å². The maximum absolute atomic E-state index is 10.4. The van der Waals surface area contributed by atoms with Crippen molar-refractivity contribution in [3.8, 4) is 0 Å². The van der Waals surface area contributed by atoms with Crippen molar-refractivity contribution in [3.63, 3.8) is 0 Å². The lowest BCUT2D eigenvalue weighted by atomic mass is 9.58. The Morgan fingerprint density at radius 1 is 0.694 bits per heavy atom. The monoisotopic (exact) mass is 697 g/mol. The first-order valence-electron chi connectivity index (χ1n) is 20.2. The molecule has 2 saturated carbocycles. The molecule has 10 atom stereocenters. The Balaban J connectivity index is 1.08. The van der Waals surface area contributed by atoms with E-state index in [0.29, 0.717) is 35.9 Å². The summed E-state index contributed by atoms with van der Waals surface area (Å²) in [4.78, 5) is 0. The number of hydrogen-bond donors (Lipinski definition) is 4. The molecule has 49 heavy (non-hydrogen) atoms. The molecule has 0 radical (unpaired) electrons. The summed E-state index contributed by atoms with van der Waals surface area (Å²) in [6.07, 6.45) is 17.1. The van der Waals surface area contributed by atoms with E-state index >= 15 is 0 Å². The van der Waals surface area contributed by atoms with Gasteiger partial charge in [0.2, 0.25) is 6.41 Å². The molecule has 4 N–H and O–H groups in total. The van der Waals surface area contributed by atoms with Gasteiger partial charge < -0.3 is 33.9 Å². The molecule has 0 aromatic carbocycles. The van der Waals surface area contributed by atoms with Gasteiger partial charge in [-0.1, -0.05) is 19.3 Å². The molecule has 0 amide bonds. The van der Waals surface area contributed by atoms with E-state index in [1.807, 2.05) is 27.9 Å². The molecule has 4 aliphatic rings. The van der Waals surface area contributed by atoms with Crippen LogP contribution in [0, 0.1) is 23.7 Å². The summed E-state index contributed by atoms with van der Waals surface area (Å²) in [5, 5.41) is 26.5. The SMILES string of the molecule is COC1CCC2C(C1)OC(C)(C)CC2C1CC(C)(C)OC2CC(OCCCCCC(O)NCCCCCCNC(O)OC(C)(C)C)CCC21. The van der Waals surface area contributed by atoms with E-state index in [0.717, 1.165) is 110 Å². The van der Waals surface area contributed by atoms with Gasteiger partial charge in [-0.05, 0) is 156 Å². The summed E-state index contributed by atoms with van der Waals surface area (Å²) in [6, 6.07) is 0. The van der Waals surface area contributed by atoms with Crippen LogP contribution >= 0.6 is 0 Å². The van der Waals surface area contributed by atoms with Crippen LogP contribution in [0.25, 0.3) is 0 Å². The van der Waals surface area contributed by atoms with Gasteiger partial charge in [-0.25, -0.2) is 0 Å². The highest BCUT2D eigenvalue weighted by Gasteiger charge is 2.54. The predicted octanol–water partition coefficient (Wildman–Crippen LogP) is 7.06. The third kappa shape index (κ3) is 13.9. The fourth-order valence-corrected chi connectivity index (χ4v) is 9.58. The normalized spacial score (nSPS) is 34.2. The molecular formula is C40H76N2O7. The fraction of sp³-hybridized carbons (Fsp3) is 1.00. The summed E-state index contributed by atoms with van der Waals surface area (Å²) in [5.74, 6) is 2.62. The average Bonchev–Trinajstić information content (AvgIpc) is 3.00. The Hall–Kier alpha value is -0.360. The first kappa shape index (κ1) is 41.4. The van der Waals surface area contributed by atoms with Gasteiger partial charge in [0.15, 0.2) is 0 Å². The van der Waals surface area contributed by atoms with Crippen molar-refractivity contribution < 1.29 is 33.9 Å². The number of methoxy groups -OCH3 is 1. The van der Waals surface area contributed by atoms with Crippen LogP contribution in [0.4, 0.5) is 0 Å². The van der Waals surface area contributed by atoms with E-state index in [1.54, 1.807) is 0 Å². The van der Waals surface area contributed by atoms with E-state index in [4.69, 9.17) is 23.7 Å². The Bertz CT molecular complexity index is 942. The second-order valence-corrected chi connectivity index (χ2v) is 18.1. The number of aliphatic hydroxyl groups is 2. The molecule has 4 rings (SSSR count). The van der Waals surface area contributed by atoms with Gasteiger partial charge in [-0.3, -0.25) is 10.6 Å². The van der Waals surface area contributed by atoms with Crippen LogP contribution in [0.5, 0.6) is 0 Å². The third-order valence-corrected chi connectivity index (χ3v) is 11.7. The maximum Gasteiger partial charge on any atom is 0.214 e. The largest absolute Gasteiger partial charge is 0.381 e. The lowest BCUT2D eigenvalue weighted by Gasteiger charge is -2.57. The molecule has 2 aliphatic carbocycles. The Labute approximate surface area is 299 Å². The van der Waals surface area contributed by atoms with Crippen molar-refractivity contribution in [2.45, 2.75) is 205 Å². The topological polar surface area (TPSA) is 111 Å². The van der Waals surface area contributed by atoms with Gasteiger partial charge in [0.1, 0.15) is 6.23 Å². The quantitative estimate of drug-likeness (QED) is 0.0833. The zero-order chi connectivity index (χ0) is 35.7. The molecule has 288 valence electrons. The molecule has 0 spiro atoms. The standard InChI is InChI=1S/C40H76N2O7/c1-38(2,3)49-37(44)42-22-14-10-9-13-21-41-36(43)16-12-11-15-23-46-29-18-20-31-33(27-40(6,7)48-35(31)25-29)32-26-39(4,5)47-34-24-28(45-8)17-19-30(32)34/h28-37,41-44H,9-27H2,1-8H3. The molecule has 9 nitrogen and oxygen atoms in total. The molecule has 2 saturated heterocycles. The van der Waals surface area contributed by atoms with Crippen LogP contribution in [0.1, 0.15) is 151 Å². The van der Waals surface area contributed by atoms with Crippen molar-refractivity contribution in [2.24, 2.45) is 23.7 Å². The van der Waals surface area contributed by atoms with Crippen molar-refractivity contribution in [1.82, 2.24) is 10.6 Å². The summed E-state index contributed by atoms with van der Waals surface area (Å²) in [6.45, 7) is 17.4. The maximum atomic E-state index is 10.4. The van der Waals surface area contributed by atoms with Gasteiger partial charge in [0.05, 0.1) is 41.2 Å². The highest BCUT2D eigenvalue weighted by molar-refractivity contribution is 5.02. The number of rotatable bonds is 19. The van der Waals surface area contributed by atoms with Crippen LogP contribution in [0.15, 0.2) is 0 Å². The minimum atomic E-state index is -0.915. The number of unbranched alkanes of at least 4 members (excludes halogenated alkanes) is 5. The molecule has 9 heteroatoms. The van der Waals surface area contributed by atoms with Crippen LogP contribution < -0.4 is 10.6 Å². The Morgan fingerprint density at radius 3 is 1.80 bits per heavy atom. The zero-order valence-corrected chi connectivity index (χ0v) is 32.6. The second-order valence-electron chi connectivity index (χ2n) is 18.1. The summed E-state index contributed by atoms with van der Waals surface area (Å²) >= 11 is 0. The lowest BCUT2D eigenvalue weighted by molar-refractivity contribution is -0.233. The van der Waals surface area contributed by atoms with Crippen LogP contribution in [-0.2, 0) is 23.7 Å². The molecule has 0 aromatic rings.